The van der Waals surface area contributed by atoms with Crippen molar-refractivity contribution < 1.29 is 0 Å². The molecule has 0 bridgehead atoms. The minimum absolute atomic E-state index is 0.440. The second kappa shape index (κ2) is 9.05. The second-order valence-electron chi connectivity index (χ2n) is 3.73. The Hall–Kier alpha value is -1.93. The predicted octanol–water partition coefficient (Wildman–Crippen LogP) is 0.997. The topological polar surface area (TPSA) is 73.7 Å². The Labute approximate surface area is 128 Å². The van der Waals surface area contributed by atoms with E-state index in [2.05, 4.69) is 31.4 Å². The third-order valence-electron chi connectivity index (χ3n) is 2.34. The molecule has 1 heterocycles. The van der Waals surface area contributed by atoms with Crippen LogP contribution in [0.1, 0.15) is 12.5 Å². The molecule has 0 saturated carbocycles. The summed E-state index contributed by atoms with van der Waals surface area (Å²) in [6, 6.07) is 3.84. The highest BCUT2D eigenvalue weighted by atomic mass is 32.1. The molecule has 20 heavy (non-hydrogen) atoms. The molecule has 0 aliphatic heterocycles. The van der Waals surface area contributed by atoms with Crippen molar-refractivity contribution in [1.29, 1.82) is 0 Å². The number of pyridine rings is 1. The molecule has 0 atom stereocenters. The number of nitrogens with one attached hydrogen (secondary N) is 3. The van der Waals surface area contributed by atoms with E-state index in [-0.39, 0.29) is 0 Å². The maximum absolute atomic E-state index is 4.96. The van der Waals surface area contributed by atoms with E-state index in [1.54, 1.807) is 19.4 Å². The fourth-order valence-corrected chi connectivity index (χ4v) is 1.40. The lowest BCUT2D eigenvalue weighted by atomic mass is 10.1. The van der Waals surface area contributed by atoms with Gasteiger partial charge >= 0.3 is 0 Å². The summed E-state index contributed by atoms with van der Waals surface area (Å²) in [5.41, 5.74) is 9.27. The van der Waals surface area contributed by atoms with E-state index >= 15 is 0 Å². The minimum atomic E-state index is 0.440. The summed E-state index contributed by atoms with van der Waals surface area (Å²) in [6.07, 6.45) is 4.09. The molecule has 0 amide bonds. The van der Waals surface area contributed by atoms with E-state index in [9.17, 15) is 0 Å². The number of rotatable bonds is 6. The van der Waals surface area contributed by atoms with Gasteiger partial charge in [-0.2, -0.15) is 10.2 Å². The van der Waals surface area contributed by atoms with E-state index in [0.717, 1.165) is 11.3 Å². The lowest BCUT2D eigenvalue weighted by Crippen LogP contribution is -2.30. The van der Waals surface area contributed by atoms with Crippen LogP contribution in [0.25, 0.3) is 0 Å². The summed E-state index contributed by atoms with van der Waals surface area (Å²) in [6.45, 7) is 1.84. The summed E-state index contributed by atoms with van der Waals surface area (Å²) in [5, 5.41) is 11.6. The summed E-state index contributed by atoms with van der Waals surface area (Å²) in [4.78, 5) is 3.98. The van der Waals surface area contributed by atoms with E-state index in [1.165, 1.54) is 5.49 Å². The summed E-state index contributed by atoms with van der Waals surface area (Å²) in [7, 11) is 1.72. The predicted molar refractivity (Wildman–Crippen MR) is 90.1 cm³/mol. The molecule has 8 heteroatoms. The Morgan fingerprint density at radius 1 is 1.35 bits per heavy atom. The van der Waals surface area contributed by atoms with Gasteiger partial charge in [0.2, 0.25) is 0 Å². The molecule has 0 aliphatic carbocycles. The van der Waals surface area contributed by atoms with Gasteiger partial charge in [0.25, 0.3) is 0 Å². The maximum Gasteiger partial charge on any atom is 0.186 e. The highest BCUT2D eigenvalue weighted by Crippen LogP contribution is 2.00. The molecule has 0 spiro atoms. The minimum Gasteiger partial charge on any atom is -0.364 e. The summed E-state index contributed by atoms with van der Waals surface area (Å²) < 4.78 is 0. The first-order valence-electron chi connectivity index (χ1n) is 5.84. The summed E-state index contributed by atoms with van der Waals surface area (Å²) >= 11 is 9.67. The molecule has 0 unspecified atom stereocenters. The van der Waals surface area contributed by atoms with Crippen LogP contribution in [0, 0.1) is 0 Å². The quantitative estimate of drug-likeness (QED) is 0.414. The van der Waals surface area contributed by atoms with Gasteiger partial charge in [-0.05, 0) is 36.8 Å². The zero-order chi connectivity index (χ0) is 14.8. The van der Waals surface area contributed by atoms with Gasteiger partial charge < -0.3 is 5.32 Å². The Morgan fingerprint density at radius 2 is 2.05 bits per heavy atom. The number of nitrogens with zero attached hydrogens (tertiary/aromatic N) is 3. The largest absolute Gasteiger partial charge is 0.364 e. The summed E-state index contributed by atoms with van der Waals surface area (Å²) in [5.74, 6) is 0. The molecular formula is C12H16N6S2. The number of aromatic nitrogens is 1. The lowest BCUT2D eigenvalue weighted by molar-refractivity contribution is 0.973. The van der Waals surface area contributed by atoms with Crippen LogP contribution >= 0.6 is 24.4 Å². The molecule has 0 radical (unpaired) electrons. The number of hydrazone groups is 2. The van der Waals surface area contributed by atoms with Crippen LogP contribution in [0.4, 0.5) is 0 Å². The number of thiocarbonyl (C=S) groups is 2. The average Bonchev–Trinajstić information content (AvgIpc) is 2.49. The Bertz CT molecular complexity index is 512. The van der Waals surface area contributed by atoms with Crippen LogP contribution in [0.3, 0.4) is 0 Å². The lowest BCUT2D eigenvalue weighted by Gasteiger charge is -2.07. The fraction of sp³-hybridized carbons (Fsp3) is 0.250. The van der Waals surface area contributed by atoms with Gasteiger partial charge in [-0.1, -0.05) is 12.2 Å². The standard InChI is InChI=1S/C12H16N6S2/c1-9(16-18-12(20)13-2)11(17-15-8-19)7-10-3-5-14-6-4-10/h3-6,8H,7H2,1-2H3,(H,15,19)(H2,13,18,20)/b16-9+,17-11-. The highest BCUT2D eigenvalue weighted by Gasteiger charge is 2.06. The fourth-order valence-electron chi connectivity index (χ4n) is 1.30. The zero-order valence-electron chi connectivity index (χ0n) is 11.3. The third kappa shape index (κ3) is 5.81. The highest BCUT2D eigenvalue weighted by molar-refractivity contribution is 7.80. The SMILES string of the molecule is CNC(=S)N/N=C(C)/C(Cc1ccncc1)=N\NC=S. The van der Waals surface area contributed by atoms with Crippen molar-refractivity contribution in [2.24, 2.45) is 10.2 Å². The van der Waals surface area contributed by atoms with E-state index in [0.29, 0.717) is 17.2 Å². The van der Waals surface area contributed by atoms with Gasteiger partial charge in [0.1, 0.15) is 0 Å². The number of hydrogen-bond donors (Lipinski definition) is 3. The van der Waals surface area contributed by atoms with Crippen LogP contribution in [0.15, 0.2) is 34.7 Å². The van der Waals surface area contributed by atoms with Crippen molar-refractivity contribution in [3.63, 3.8) is 0 Å². The van der Waals surface area contributed by atoms with E-state index < -0.39 is 0 Å². The van der Waals surface area contributed by atoms with Gasteiger partial charge in [0.15, 0.2) is 5.11 Å². The first-order chi connectivity index (χ1) is 9.67. The first-order valence-corrected chi connectivity index (χ1v) is 6.72. The smallest absolute Gasteiger partial charge is 0.186 e. The van der Waals surface area contributed by atoms with Crippen molar-refractivity contribution in [2.75, 3.05) is 7.05 Å². The maximum atomic E-state index is 4.96. The molecule has 3 N–H and O–H groups in total. The molecule has 0 saturated heterocycles. The Kier molecular flexibility index (Phi) is 7.30. The normalized spacial score (nSPS) is 11.7. The Morgan fingerprint density at radius 3 is 2.65 bits per heavy atom. The molecule has 6 nitrogen and oxygen atoms in total. The zero-order valence-corrected chi connectivity index (χ0v) is 12.9. The second-order valence-corrected chi connectivity index (χ2v) is 4.37. The van der Waals surface area contributed by atoms with Crippen LogP contribution in [0.2, 0.25) is 0 Å². The van der Waals surface area contributed by atoms with Crippen molar-refractivity contribution in [3.05, 3.63) is 30.1 Å². The van der Waals surface area contributed by atoms with E-state index in [1.807, 2.05) is 19.1 Å². The molecule has 1 aromatic rings. The van der Waals surface area contributed by atoms with Crippen LogP contribution in [-0.2, 0) is 6.42 Å². The van der Waals surface area contributed by atoms with Gasteiger partial charge in [-0.15, -0.1) is 0 Å². The molecule has 1 aromatic heterocycles. The molecule has 0 aliphatic rings. The van der Waals surface area contributed by atoms with E-state index in [4.69, 9.17) is 24.4 Å². The van der Waals surface area contributed by atoms with Crippen molar-refractivity contribution >= 4 is 46.5 Å². The molecule has 1 rings (SSSR count). The van der Waals surface area contributed by atoms with Gasteiger partial charge in [0.05, 0.1) is 16.9 Å². The average molecular weight is 308 g/mol. The van der Waals surface area contributed by atoms with Crippen molar-refractivity contribution in [2.45, 2.75) is 13.3 Å². The third-order valence-corrected chi connectivity index (χ3v) is 2.74. The van der Waals surface area contributed by atoms with Crippen LogP contribution < -0.4 is 16.2 Å². The van der Waals surface area contributed by atoms with Gasteiger partial charge in [-0.25, -0.2) is 0 Å². The monoisotopic (exact) mass is 308 g/mol. The Balaban J connectivity index is 2.83. The molecule has 0 aromatic carbocycles. The van der Waals surface area contributed by atoms with Gasteiger partial charge in [-0.3, -0.25) is 15.8 Å². The first kappa shape index (κ1) is 16.1. The number of hydrogen-bond acceptors (Lipinski definition) is 5. The van der Waals surface area contributed by atoms with Crippen molar-refractivity contribution in [3.8, 4) is 0 Å². The molecule has 0 fully saturated rings. The molecular weight excluding hydrogens is 292 g/mol. The van der Waals surface area contributed by atoms with Gasteiger partial charge in [0, 0.05) is 25.9 Å². The van der Waals surface area contributed by atoms with Crippen LogP contribution in [-0.4, -0.2) is 34.1 Å². The van der Waals surface area contributed by atoms with Crippen LogP contribution in [0.5, 0.6) is 0 Å². The van der Waals surface area contributed by atoms with Crippen molar-refractivity contribution in [1.82, 2.24) is 21.2 Å². The molecule has 106 valence electrons.